The highest BCUT2D eigenvalue weighted by molar-refractivity contribution is 5.78. The van der Waals surface area contributed by atoms with Crippen molar-refractivity contribution in [2.24, 2.45) is 5.92 Å². The second-order valence-corrected chi connectivity index (χ2v) is 7.61. The Morgan fingerprint density at radius 1 is 1.29 bits per heavy atom. The van der Waals surface area contributed by atoms with E-state index in [0.29, 0.717) is 12.6 Å². The lowest BCUT2D eigenvalue weighted by Crippen LogP contribution is -2.46. The zero-order chi connectivity index (χ0) is 15.9. The summed E-state index contributed by atoms with van der Waals surface area (Å²) < 4.78 is 0. The van der Waals surface area contributed by atoms with E-state index in [1.807, 2.05) is 0 Å². The highest BCUT2D eigenvalue weighted by Gasteiger charge is 2.22. The van der Waals surface area contributed by atoms with E-state index in [-0.39, 0.29) is 11.4 Å². The number of nitrogens with zero attached hydrogens (tertiary/aromatic N) is 1. The Hall–Kier alpha value is -0.610. The summed E-state index contributed by atoms with van der Waals surface area (Å²) in [5.41, 5.74) is 0.201. The third kappa shape index (κ3) is 8.42. The van der Waals surface area contributed by atoms with Gasteiger partial charge in [0.1, 0.15) is 0 Å². The van der Waals surface area contributed by atoms with Crippen LogP contribution in [-0.4, -0.2) is 48.6 Å². The van der Waals surface area contributed by atoms with Crippen molar-refractivity contribution in [1.82, 2.24) is 15.5 Å². The highest BCUT2D eigenvalue weighted by atomic mass is 16.2. The smallest absolute Gasteiger partial charge is 0.234 e. The van der Waals surface area contributed by atoms with Crippen LogP contribution in [0.2, 0.25) is 0 Å². The molecule has 0 aromatic heterocycles. The molecule has 21 heavy (non-hydrogen) atoms. The van der Waals surface area contributed by atoms with E-state index in [4.69, 9.17) is 0 Å². The zero-order valence-corrected chi connectivity index (χ0v) is 14.7. The highest BCUT2D eigenvalue weighted by Crippen LogP contribution is 2.17. The number of piperidine rings is 1. The molecule has 1 unspecified atom stereocenters. The van der Waals surface area contributed by atoms with Crippen molar-refractivity contribution in [3.63, 3.8) is 0 Å². The maximum absolute atomic E-state index is 12.0. The van der Waals surface area contributed by atoms with Crippen molar-refractivity contribution in [2.45, 2.75) is 71.9 Å². The molecule has 124 valence electrons. The van der Waals surface area contributed by atoms with Gasteiger partial charge in [-0.1, -0.05) is 13.3 Å². The van der Waals surface area contributed by atoms with Crippen molar-refractivity contribution in [2.75, 3.05) is 26.2 Å². The fourth-order valence-corrected chi connectivity index (χ4v) is 2.83. The summed E-state index contributed by atoms with van der Waals surface area (Å²) >= 11 is 0. The summed E-state index contributed by atoms with van der Waals surface area (Å²) in [5, 5.41) is 6.68. The van der Waals surface area contributed by atoms with E-state index in [1.54, 1.807) is 0 Å². The molecular formula is C17H35N3O. The Labute approximate surface area is 131 Å². The van der Waals surface area contributed by atoms with Crippen LogP contribution in [0, 0.1) is 5.92 Å². The third-order valence-electron chi connectivity index (χ3n) is 4.12. The van der Waals surface area contributed by atoms with Crippen molar-refractivity contribution in [1.29, 1.82) is 0 Å². The minimum Gasteiger partial charge on any atom is -0.353 e. The number of hydrogen-bond acceptors (Lipinski definition) is 3. The van der Waals surface area contributed by atoms with E-state index in [9.17, 15) is 4.79 Å². The zero-order valence-electron chi connectivity index (χ0n) is 14.7. The molecular weight excluding hydrogens is 262 g/mol. The third-order valence-corrected chi connectivity index (χ3v) is 4.12. The molecule has 1 aliphatic heterocycles. The van der Waals surface area contributed by atoms with Gasteiger partial charge >= 0.3 is 0 Å². The van der Waals surface area contributed by atoms with Crippen molar-refractivity contribution in [3.8, 4) is 0 Å². The van der Waals surface area contributed by atoms with E-state index in [1.165, 1.54) is 12.8 Å². The standard InChI is InChI=1S/C17H35N3O/c1-6-7-14(2)19-16(21)13-20-10-8-15(9-11-20)12-18-17(3,4)5/h14-15,18H,6-13H2,1-5H3,(H,19,21). The van der Waals surface area contributed by atoms with E-state index < -0.39 is 0 Å². The molecule has 0 aromatic rings. The second kappa shape index (κ2) is 8.74. The summed E-state index contributed by atoms with van der Waals surface area (Å²) in [5.74, 6) is 0.935. The minimum atomic E-state index is 0.183. The molecule has 1 aliphatic rings. The first-order valence-electron chi connectivity index (χ1n) is 8.57. The van der Waals surface area contributed by atoms with E-state index in [2.05, 4.69) is 50.2 Å². The molecule has 0 spiro atoms. The normalized spacial score (nSPS) is 19.5. The van der Waals surface area contributed by atoms with Crippen LogP contribution >= 0.6 is 0 Å². The average molecular weight is 297 g/mol. The molecule has 1 saturated heterocycles. The van der Waals surface area contributed by atoms with Gasteiger partial charge in [0, 0.05) is 11.6 Å². The first kappa shape index (κ1) is 18.4. The fourth-order valence-electron chi connectivity index (χ4n) is 2.83. The molecule has 1 atom stereocenters. The van der Waals surface area contributed by atoms with Gasteiger partial charge in [0.25, 0.3) is 0 Å². The average Bonchev–Trinajstić information content (AvgIpc) is 2.37. The van der Waals surface area contributed by atoms with Crippen LogP contribution in [0.5, 0.6) is 0 Å². The Balaban J connectivity index is 2.19. The number of likely N-dealkylation sites (tertiary alicyclic amines) is 1. The number of rotatable bonds is 7. The molecule has 4 heteroatoms. The van der Waals surface area contributed by atoms with Crippen molar-refractivity contribution in [3.05, 3.63) is 0 Å². The molecule has 0 bridgehead atoms. The Morgan fingerprint density at radius 3 is 2.43 bits per heavy atom. The Bertz CT molecular complexity index is 304. The monoisotopic (exact) mass is 297 g/mol. The first-order valence-corrected chi connectivity index (χ1v) is 8.57. The van der Waals surface area contributed by atoms with Gasteiger partial charge in [-0.2, -0.15) is 0 Å². The van der Waals surface area contributed by atoms with Crippen LogP contribution < -0.4 is 10.6 Å². The topological polar surface area (TPSA) is 44.4 Å². The van der Waals surface area contributed by atoms with Crippen LogP contribution in [0.15, 0.2) is 0 Å². The molecule has 0 aromatic carbocycles. The molecule has 0 radical (unpaired) electrons. The molecule has 1 rings (SSSR count). The largest absolute Gasteiger partial charge is 0.353 e. The van der Waals surface area contributed by atoms with Gasteiger partial charge in [-0.3, -0.25) is 9.69 Å². The maximum Gasteiger partial charge on any atom is 0.234 e. The Morgan fingerprint density at radius 2 is 1.90 bits per heavy atom. The Kier molecular flexibility index (Phi) is 7.67. The molecule has 1 fully saturated rings. The SMILES string of the molecule is CCCC(C)NC(=O)CN1CCC(CNC(C)(C)C)CC1. The predicted molar refractivity (Wildman–Crippen MR) is 89.4 cm³/mol. The van der Waals surface area contributed by atoms with E-state index >= 15 is 0 Å². The summed E-state index contributed by atoms with van der Waals surface area (Å²) in [7, 11) is 0. The lowest BCUT2D eigenvalue weighted by atomic mass is 9.95. The number of carbonyl (C=O) groups excluding carboxylic acids is 1. The number of carbonyl (C=O) groups is 1. The maximum atomic E-state index is 12.0. The summed E-state index contributed by atoms with van der Waals surface area (Å²) in [4.78, 5) is 14.3. The van der Waals surface area contributed by atoms with Crippen molar-refractivity contribution >= 4 is 5.91 Å². The molecule has 4 nitrogen and oxygen atoms in total. The fraction of sp³-hybridized carbons (Fsp3) is 0.941. The lowest BCUT2D eigenvalue weighted by molar-refractivity contribution is -0.123. The number of nitrogens with one attached hydrogen (secondary N) is 2. The van der Waals surface area contributed by atoms with Gasteiger partial charge in [-0.15, -0.1) is 0 Å². The molecule has 2 N–H and O–H groups in total. The molecule has 1 heterocycles. The van der Waals surface area contributed by atoms with Crippen LogP contribution in [0.3, 0.4) is 0 Å². The van der Waals surface area contributed by atoms with E-state index in [0.717, 1.165) is 38.4 Å². The minimum absolute atomic E-state index is 0.183. The van der Waals surface area contributed by atoms with Crippen LogP contribution in [-0.2, 0) is 4.79 Å². The van der Waals surface area contributed by atoms with Crippen LogP contribution in [0.25, 0.3) is 0 Å². The first-order chi connectivity index (χ1) is 9.80. The lowest BCUT2D eigenvalue weighted by Gasteiger charge is -2.33. The van der Waals surface area contributed by atoms with Gasteiger partial charge in [-0.05, 0) is 72.5 Å². The number of amides is 1. The van der Waals surface area contributed by atoms with Crippen LogP contribution in [0.4, 0.5) is 0 Å². The number of hydrogen-bond donors (Lipinski definition) is 2. The van der Waals surface area contributed by atoms with Gasteiger partial charge < -0.3 is 10.6 Å². The second-order valence-electron chi connectivity index (χ2n) is 7.61. The van der Waals surface area contributed by atoms with Gasteiger partial charge in [0.05, 0.1) is 6.54 Å². The molecule has 0 aliphatic carbocycles. The summed E-state index contributed by atoms with van der Waals surface area (Å²) in [6, 6.07) is 0.302. The van der Waals surface area contributed by atoms with Crippen molar-refractivity contribution < 1.29 is 4.79 Å². The van der Waals surface area contributed by atoms with Gasteiger partial charge in [0.15, 0.2) is 0 Å². The van der Waals surface area contributed by atoms with Crippen LogP contribution in [0.1, 0.15) is 60.3 Å². The van der Waals surface area contributed by atoms with Gasteiger partial charge in [0.2, 0.25) is 5.91 Å². The summed E-state index contributed by atoms with van der Waals surface area (Å²) in [6.07, 6.45) is 4.57. The predicted octanol–water partition coefficient (Wildman–Crippen LogP) is 2.39. The molecule has 1 amide bonds. The molecule has 0 saturated carbocycles. The van der Waals surface area contributed by atoms with Gasteiger partial charge in [-0.25, -0.2) is 0 Å². The quantitative estimate of drug-likeness (QED) is 0.758. The summed E-state index contributed by atoms with van der Waals surface area (Å²) in [6.45, 7) is 14.6.